The van der Waals surface area contributed by atoms with Crippen LogP contribution in [-0.2, 0) is 8.53 Å². The first-order chi connectivity index (χ1) is 2.91. The monoisotopic (exact) mass is 126 g/mol. The molecule has 0 saturated heterocycles. The first-order valence-electron chi connectivity index (χ1n) is 1.72. The second kappa shape index (κ2) is 10.4. The number of ether oxygens (including phenoxy) is 1. The number of rotatable bonds is 3. The average Bonchev–Trinajstić information content (AvgIpc) is 1.61. The average molecular weight is 126 g/mol. The first-order valence-corrected chi connectivity index (χ1v) is 2.19. The fraction of sp³-hybridized carbons (Fsp3) is 1.00. The van der Waals surface area contributed by atoms with Crippen LogP contribution in [0.3, 0.4) is 0 Å². The van der Waals surface area contributed by atoms with E-state index in [9.17, 15) is 0 Å². The second-order valence-electron chi connectivity index (χ2n) is 0.864. The van der Waals surface area contributed by atoms with Gasteiger partial charge in [-0.05, 0) is 0 Å². The summed E-state index contributed by atoms with van der Waals surface area (Å²) in [6.07, 6.45) is 0. The molecule has 0 aromatic heterocycles. The summed E-state index contributed by atoms with van der Waals surface area (Å²) in [7, 11) is 1.64. The Morgan fingerprint density at radius 1 is 1.57 bits per heavy atom. The Hall–Kier alpha value is 1.45. The maximum Gasteiger partial charge on any atom is 1.00 e. The summed E-state index contributed by atoms with van der Waals surface area (Å²) in [5, 5.41) is 0. The van der Waals surface area contributed by atoms with Gasteiger partial charge in [-0.1, -0.05) is 0 Å². The van der Waals surface area contributed by atoms with Crippen molar-refractivity contribution in [3.63, 3.8) is 0 Å². The molecule has 2 radical (unpaired) electrons. The molecule has 2 nitrogen and oxygen atoms in total. The Kier molecular flexibility index (Phi) is 16.8. The zero-order valence-corrected chi connectivity index (χ0v) is 7.96. The quantitative estimate of drug-likeness (QED) is 0.294. The number of hydrogen-bond donors (Lipinski definition) is 0. The predicted octanol–water partition coefficient (Wildman–Crippen LogP) is -3.15. The topological polar surface area (TPSA) is 18.5 Å². The SMILES string of the molecule is COCC[O][Al].[H-].[Na+]. The van der Waals surface area contributed by atoms with E-state index in [0.717, 1.165) is 0 Å². The van der Waals surface area contributed by atoms with E-state index in [2.05, 4.69) is 25.1 Å². The van der Waals surface area contributed by atoms with Crippen molar-refractivity contribution in [2.75, 3.05) is 20.3 Å². The van der Waals surface area contributed by atoms with Gasteiger partial charge in [0.2, 0.25) is 0 Å². The predicted molar refractivity (Wildman–Crippen MR) is 24.7 cm³/mol. The largest absolute Gasteiger partial charge is 1.00 e. The molecule has 0 rings (SSSR count). The molecule has 0 aliphatic rings. The molecular weight excluding hydrogens is 118 g/mol. The minimum absolute atomic E-state index is 0. The van der Waals surface area contributed by atoms with E-state index in [0.29, 0.717) is 13.2 Å². The summed E-state index contributed by atoms with van der Waals surface area (Å²) < 4.78 is 9.22. The van der Waals surface area contributed by atoms with Crippen LogP contribution in [0.2, 0.25) is 0 Å². The van der Waals surface area contributed by atoms with E-state index in [1.807, 2.05) is 0 Å². The fourth-order valence-corrected chi connectivity index (χ4v) is 0.228. The smallest absolute Gasteiger partial charge is 1.00 e. The summed E-state index contributed by atoms with van der Waals surface area (Å²) in [5.41, 5.74) is 0. The van der Waals surface area contributed by atoms with Gasteiger partial charge in [-0.2, -0.15) is 0 Å². The molecule has 0 aromatic rings. The van der Waals surface area contributed by atoms with Crippen LogP contribution in [0.5, 0.6) is 0 Å². The molecule has 0 fully saturated rings. The molecule has 0 bridgehead atoms. The molecule has 0 N–H and O–H groups in total. The Bertz CT molecular complexity index is 29.2. The summed E-state index contributed by atoms with van der Waals surface area (Å²) in [6, 6.07) is 0. The van der Waals surface area contributed by atoms with E-state index in [-0.39, 0.29) is 31.0 Å². The molecule has 7 heavy (non-hydrogen) atoms. The summed E-state index contributed by atoms with van der Waals surface area (Å²) in [5.74, 6) is 0. The number of hydrogen-bond acceptors (Lipinski definition) is 2. The normalized spacial score (nSPS) is 7.57. The van der Waals surface area contributed by atoms with Crippen LogP contribution in [0, 0.1) is 0 Å². The molecule has 0 aliphatic carbocycles. The van der Waals surface area contributed by atoms with Gasteiger partial charge in [0.15, 0.2) is 0 Å². The van der Waals surface area contributed by atoms with Gasteiger partial charge in [0.1, 0.15) is 0 Å². The molecule has 36 valence electrons. The molecule has 0 aromatic carbocycles. The van der Waals surface area contributed by atoms with E-state index in [4.69, 9.17) is 0 Å². The van der Waals surface area contributed by atoms with Gasteiger partial charge in [-0.15, -0.1) is 0 Å². The van der Waals surface area contributed by atoms with Crippen LogP contribution < -0.4 is 29.6 Å². The van der Waals surface area contributed by atoms with Crippen molar-refractivity contribution in [3.05, 3.63) is 0 Å². The maximum atomic E-state index is 4.64. The third-order valence-corrected chi connectivity index (χ3v) is 0.641. The van der Waals surface area contributed by atoms with Gasteiger partial charge < -0.3 is 9.95 Å². The molecular formula is C3H8AlNaO2. The van der Waals surface area contributed by atoms with Crippen LogP contribution in [0.4, 0.5) is 0 Å². The Morgan fingerprint density at radius 2 is 2.14 bits per heavy atom. The van der Waals surface area contributed by atoms with Crippen LogP contribution in [-0.4, -0.2) is 36.9 Å². The fourth-order valence-electron chi connectivity index (χ4n) is 0.131. The third kappa shape index (κ3) is 11.2. The van der Waals surface area contributed by atoms with Gasteiger partial charge in [-0.25, -0.2) is 0 Å². The van der Waals surface area contributed by atoms with Gasteiger partial charge >= 0.3 is 46.2 Å². The van der Waals surface area contributed by atoms with E-state index in [1.54, 1.807) is 7.11 Å². The molecule has 0 spiro atoms. The van der Waals surface area contributed by atoms with Gasteiger partial charge in [0.25, 0.3) is 0 Å². The molecule has 0 amide bonds. The molecule has 0 heterocycles. The minimum atomic E-state index is 0. The molecule has 0 aliphatic heterocycles. The third-order valence-electron chi connectivity index (χ3n) is 0.405. The molecule has 0 saturated carbocycles. The first kappa shape index (κ1) is 11.3. The Morgan fingerprint density at radius 3 is 2.29 bits per heavy atom. The van der Waals surface area contributed by atoms with Gasteiger partial charge in [0, 0.05) is 13.7 Å². The summed E-state index contributed by atoms with van der Waals surface area (Å²) in [6.45, 7) is 1.32. The van der Waals surface area contributed by atoms with Crippen molar-refractivity contribution >= 4 is 16.6 Å². The standard InChI is InChI=1S/C3H7O2.Al.Na.H/c1-5-3-2-4;;;/h2-3H2,1H3;;;/q-1;2*+1;-1. The minimum Gasteiger partial charge on any atom is -1.00 e. The van der Waals surface area contributed by atoms with Crippen LogP contribution in [0.25, 0.3) is 0 Å². The zero-order valence-electron chi connectivity index (χ0n) is 5.81. The Labute approximate surface area is 76.1 Å². The molecule has 4 heteroatoms. The van der Waals surface area contributed by atoms with Crippen molar-refractivity contribution in [3.8, 4) is 0 Å². The van der Waals surface area contributed by atoms with Crippen molar-refractivity contribution in [1.29, 1.82) is 0 Å². The van der Waals surface area contributed by atoms with Crippen molar-refractivity contribution in [2.45, 2.75) is 0 Å². The van der Waals surface area contributed by atoms with E-state index in [1.165, 1.54) is 0 Å². The van der Waals surface area contributed by atoms with E-state index >= 15 is 0 Å². The van der Waals surface area contributed by atoms with Crippen LogP contribution >= 0.6 is 0 Å². The molecule has 0 atom stereocenters. The molecule has 0 unspecified atom stereocenters. The summed E-state index contributed by atoms with van der Waals surface area (Å²) >= 11 is 2.15. The van der Waals surface area contributed by atoms with Crippen molar-refractivity contribution in [1.82, 2.24) is 0 Å². The Balaban J connectivity index is -0.000000125. The van der Waals surface area contributed by atoms with Crippen LogP contribution in [0.15, 0.2) is 0 Å². The van der Waals surface area contributed by atoms with Crippen LogP contribution in [0.1, 0.15) is 1.43 Å². The maximum absolute atomic E-state index is 4.64. The summed E-state index contributed by atoms with van der Waals surface area (Å²) in [4.78, 5) is 0. The van der Waals surface area contributed by atoms with Gasteiger partial charge in [0.05, 0.1) is 6.61 Å². The zero-order chi connectivity index (χ0) is 4.83. The van der Waals surface area contributed by atoms with Crippen molar-refractivity contribution < 1.29 is 39.5 Å². The number of methoxy groups -OCH3 is 1. The van der Waals surface area contributed by atoms with Crippen molar-refractivity contribution in [2.24, 2.45) is 0 Å². The van der Waals surface area contributed by atoms with Gasteiger partial charge in [-0.3, -0.25) is 0 Å². The van der Waals surface area contributed by atoms with E-state index < -0.39 is 0 Å². The second-order valence-corrected chi connectivity index (χ2v) is 1.20.